The van der Waals surface area contributed by atoms with E-state index in [9.17, 15) is 5.11 Å². The fraction of sp³-hybridized carbons (Fsp3) is 0.800. The number of nitrogens with one attached hydrogen (secondary N) is 1. The highest BCUT2D eigenvalue weighted by atomic mass is 79.9. The van der Waals surface area contributed by atoms with Crippen LogP contribution in [0.4, 0.5) is 0 Å². The predicted molar refractivity (Wildman–Crippen MR) is 84.9 cm³/mol. The zero-order valence-corrected chi connectivity index (χ0v) is 14.3. The zero-order valence-electron chi connectivity index (χ0n) is 12.7. The van der Waals surface area contributed by atoms with Gasteiger partial charge in [0.05, 0.1) is 21.5 Å². The summed E-state index contributed by atoms with van der Waals surface area (Å²) in [5.74, 6) is 0. The largest absolute Gasteiger partial charge is 0.389 e. The average molecular weight is 344 g/mol. The number of aliphatic hydroxyl groups is 1. The minimum Gasteiger partial charge on any atom is -0.389 e. The minimum absolute atomic E-state index is 0.571. The fourth-order valence-corrected chi connectivity index (χ4v) is 3.60. The Morgan fingerprint density at radius 1 is 1.40 bits per heavy atom. The molecule has 114 valence electrons. The molecule has 0 aliphatic heterocycles. The third-order valence-corrected chi connectivity index (χ3v) is 5.39. The molecule has 1 saturated carbocycles. The molecule has 4 nitrogen and oxygen atoms in total. The number of rotatable bonds is 5. The minimum atomic E-state index is -0.576. The Labute approximate surface area is 130 Å². The molecule has 1 aromatic rings. The van der Waals surface area contributed by atoms with Crippen molar-refractivity contribution in [1.29, 1.82) is 0 Å². The van der Waals surface area contributed by atoms with E-state index in [1.807, 2.05) is 11.6 Å². The van der Waals surface area contributed by atoms with Crippen LogP contribution in [0.3, 0.4) is 0 Å². The molecule has 1 aliphatic rings. The number of halogens is 1. The summed E-state index contributed by atoms with van der Waals surface area (Å²) in [5.41, 5.74) is 1.56. The number of aromatic nitrogens is 2. The van der Waals surface area contributed by atoms with Crippen LogP contribution in [0.1, 0.15) is 50.9 Å². The molecule has 1 aliphatic carbocycles. The standard InChI is InChI=1S/C15H26BrN3O/c1-4-17-12-6-8-15(20,9-7-12)10-13-14(16)11(3)18-19(13)5-2/h12,17,20H,4-10H2,1-3H3. The molecule has 1 heterocycles. The van der Waals surface area contributed by atoms with Crippen LogP contribution in [-0.2, 0) is 13.0 Å². The lowest BCUT2D eigenvalue weighted by Crippen LogP contribution is -2.43. The molecule has 0 radical (unpaired) electrons. The van der Waals surface area contributed by atoms with Crippen molar-refractivity contribution >= 4 is 15.9 Å². The van der Waals surface area contributed by atoms with E-state index in [2.05, 4.69) is 40.2 Å². The summed E-state index contributed by atoms with van der Waals surface area (Å²) in [7, 11) is 0. The van der Waals surface area contributed by atoms with Gasteiger partial charge in [-0.1, -0.05) is 6.92 Å². The summed E-state index contributed by atoms with van der Waals surface area (Å²) >= 11 is 3.62. The second-order valence-electron chi connectivity index (χ2n) is 5.89. The van der Waals surface area contributed by atoms with Gasteiger partial charge < -0.3 is 10.4 Å². The lowest BCUT2D eigenvalue weighted by Gasteiger charge is -2.36. The van der Waals surface area contributed by atoms with Crippen LogP contribution in [0.15, 0.2) is 4.47 Å². The molecule has 1 aromatic heterocycles. The second kappa shape index (κ2) is 6.58. The monoisotopic (exact) mass is 343 g/mol. The smallest absolute Gasteiger partial charge is 0.0738 e. The van der Waals surface area contributed by atoms with Crippen molar-refractivity contribution in [1.82, 2.24) is 15.1 Å². The molecule has 0 bridgehead atoms. The van der Waals surface area contributed by atoms with Crippen LogP contribution in [0.5, 0.6) is 0 Å². The van der Waals surface area contributed by atoms with Crippen LogP contribution in [0.25, 0.3) is 0 Å². The summed E-state index contributed by atoms with van der Waals surface area (Å²) in [6.45, 7) is 8.09. The quantitative estimate of drug-likeness (QED) is 0.864. The maximum Gasteiger partial charge on any atom is 0.0738 e. The van der Waals surface area contributed by atoms with Crippen LogP contribution >= 0.6 is 15.9 Å². The molecular weight excluding hydrogens is 318 g/mol. The molecule has 20 heavy (non-hydrogen) atoms. The van der Waals surface area contributed by atoms with E-state index >= 15 is 0 Å². The highest BCUT2D eigenvalue weighted by molar-refractivity contribution is 9.10. The highest BCUT2D eigenvalue weighted by Crippen LogP contribution is 2.34. The second-order valence-corrected chi connectivity index (χ2v) is 6.69. The number of aryl methyl sites for hydroxylation is 2. The Hall–Kier alpha value is -0.390. The molecule has 2 rings (SSSR count). The van der Waals surface area contributed by atoms with Crippen molar-refractivity contribution in [3.05, 3.63) is 15.9 Å². The molecule has 0 aromatic carbocycles. The van der Waals surface area contributed by atoms with Gasteiger partial charge in [0.1, 0.15) is 0 Å². The highest BCUT2D eigenvalue weighted by Gasteiger charge is 2.34. The van der Waals surface area contributed by atoms with Crippen LogP contribution < -0.4 is 5.32 Å². The summed E-state index contributed by atoms with van der Waals surface area (Å²) in [6, 6.07) is 0.571. The van der Waals surface area contributed by atoms with Gasteiger partial charge in [0, 0.05) is 19.0 Å². The summed E-state index contributed by atoms with van der Waals surface area (Å²) in [4.78, 5) is 0. The van der Waals surface area contributed by atoms with E-state index in [1.165, 1.54) is 0 Å². The Balaban J connectivity index is 2.06. The van der Waals surface area contributed by atoms with E-state index in [-0.39, 0.29) is 0 Å². The average Bonchev–Trinajstić information content (AvgIpc) is 2.69. The predicted octanol–water partition coefficient (Wildman–Crippen LogP) is 2.80. The van der Waals surface area contributed by atoms with Gasteiger partial charge in [-0.15, -0.1) is 0 Å². The van der Waals surface area contributed by atoms with E-state index in [0.29, 0.717) is 12.5 Å². The van der Waals surface area contributed by atoms with E-state index in [4.69, 9.17) is 0 Å². The maximum absolute atomic E-state index is 10.9. The third kappa shape index (κ3) is 3.43. The first-order valence-electron chi connectivity index (χ1n) is 7.66. The first-order valence-corrected chi connectivity index (χ1v) is 8.46. The molecule has 0 unspecified atom stereocenters. The van der Waals surface area contributed by atoms with Crippen molar-refractivity contribution in [3.63, 3.8) is 0 Å². The van der Waals surface area contributed by atoms with Crippen LogP contribution in [0, 0.1) is 6.92 Å². The van der Waals surface area contributed by atoms with Gasteiger partial charge in [-0.05, 0) is 62.0 Å². The van der Waals surface area contributed by atoms with E-state index < -0.39 is 5.60 Å². The third-order valence-electron chi connectivity index (χ3n) is 4.36. The number of nitrogens with zero attached hydrogens (tertiary/aromatic N) is 2. The van der Waals surface area contributed by atoms with Gasteiger partial charge in [-0.3, -0.25) is 4.68 Å². The SMILES string of the molecule is CCNC1CCC(O)(Cc2c(Br)c(C)nn2CC)CC1. The Morgan fingerprint density at radius 3 is 2.60 bits per heavy atom. The van der Waals surface area contributed by atoms with Crippen LogP contribution in [-0.4, -0.2) is 33.1 Å². The van der Waals surface area contributed by atoms with Gasteiger partial charge in [0.2, 0.25) is 0 Å². The maximum atomic E-state index is 10.9. The lowest BCUT2D eigenvalue weighted by molar-refractivity contribution is -0.00469. The van der Waals surface area contributed by atoms with E-state index in [0.717, 1.165) is 54.6 Å². The van der Waals surface area contributed by atoms with Crippen molar-refractivity contribution in [3.8, 4) is 0 Å². The van der Waals surface area contributed by atoms with Gasteiger partial charge in [0.25, 0.3) is 0 Å². The van der Waals surface area contributed by atoms with Crippen molar-refractivity contribution < 1.29 is 5.11 Å². The van der Waals surface area contributed by atoms with Gasteiger partial charge in [0.15, 0.2) is 0 Å². The Bertz CT molecular complexity index is 450. The normalized spacial score (nSPS) is 26.9. The van der Waals surface area contributed by atoms with Gasteiger partial charge >= 0.3 is 0 Å². The Morgan fingerprint density at radius 2 is 2.05 bits per heavy atom. The number of hydrogen-bond acceptors (Lipinski definition) is 3. The molecule has 1 fully saturated rings. The molecule has 0 spiro atoms. The lowest BCUT2D eigenvalue weighted by atomic mass is 9.79. The van der Waals surface area contributed by atoms with Crippen molar-refractivity contribution in [2.45, 2.75) is 71.1 Å². The summed E-state index contributed by atoms with van der Waals surface area (Å²) in [5, 5.41) is 18.9. The first-order chi connectivity index (χ1) is 9.49. The Kier molecular flexibility index (Phi) is 5.26. The molecular formula is C15H26BrN3O. The van der Waals surface area contributed by atoms with Gasteiger partial charge in [-0.25, -0.2) is 0 Å². The molecule has 0 amide bonds. The topological polar surface area (TPSA) is 50.1 Å². The number of hydrogen-bond donors (Lipinski definition) is 2. The fourth-order valence-electron chi connectivity index (χ4n) is 3.17. The summed E-state index contributed by atoms with van der Waals surface area (Å²) in [6.07, 6.45) is 4.54. The zero-order chi connectivity index (χ0) is 14.8. The first kappa shape index (κ1) is 16.0. The van der Waals surface area contributed by atoms with Crippen molar-refractivity contribution in [2.24, 2.45) is 0 Å². The van der Waals surface area contributed by atoms with Crippen LogP contribution in [0.2, 0.25) is 0 Å². The molecule has 0 atom stereocenters. The summed E-state index contributed by atoms with van der Waals surface area (Å²) < 4.78 is 3.06. The van der Waals surface area contributed by atoms with E-state index in [1.54, 1.807) is 0 Å². The molecule has 5 heteroatoms. The van der Waals surface area contributed by atoms with Gasteiger partial charge in [-0.2, -0.15) is 5.10 Å². The molecule has 0 saturated heterocycles. The van der Waals surface area contributed by atoms with Crippen molar-refractivity contribution in [2.75, 3.05) is 6.54 Å². The molecule has 2 N–H and O–H groups in total.